The molecule has 0 unspecified atom stereocenters. The lowest BCUT2D eigenvalue weighted by molar-refractivity contribution is 0.552. The van der Waals surface area contributed by atoms with Crippen molar-refractivity contribution in [3.8, 4) is 0 Å². The van der Waals surface area contributed by atoms with Crippen molar-refractivity contribution in [1.82, 2.24) is 14.5 Å². The van der Waals surface area contributed by atoms with Gasteiger partial charge in [-0.15, -0.1) is 11.3 Å². The van der Waals surface area contributed by atoms with Crippen LogP contribution in [0.3, 0.4) is 0 Å². The first-order valence-corrected chi connectivity index (χ1v) is 8.88. The van der Waals surface area contributed by atoms with Gasteiger partial charge in [-0.1, -0.05) is 23.2 Å². The number of nitrogens with one attached hydrogen (secondary N) is 1. The van der Waals surface area contributed by atoms with E-state index in [-0.39, 0.29) is 4.21 Å². The number of sulfonamides is 1. The van der Waals surface area contributed by atoms with Crippen molar-refractivity contribution < 1.29 is 8.42 Å². The van der Waals surface area contributed by atoms with Crippen molar-refractivity contribution in [2.75, 3.05) is 6.54 Å². The highest BCUT2D eigenvalue weighted by Crippen LogP contribution is 2.25. The molecule has 0 aliphatic heterocycles. The fourth-order valence-electron chi connectivity index (χ4n) is 1.57. The first-order chi connectivity index (χ1) is 9.38. The molecule has 0 amide bonds. The van der Waals surface area contributed by atoms with E-state index in [2.05, 4.69) is 9.82 Å². The Hall–Kier alpha value is -0.600. The average Bonchev–Trinajstić information content (AvgIpc) is 2.93. The summed E-state index contributed by atoms with van der Waals surface area (Å²) in [6, 6.07) is 3.06. The van der Waals surface area contributed by atoms with Gasteiger partial charge in [-0.2, -0.15) is 5.10 Å². The normalized spacial score (nSPS) is 11.9. The van der Waals surface area contributed by atoms with E-state index in [0.717, 1.165) is 17.0 Å². The van der Waals surface area contributed by atoms with E-state index in [4.69, 9.17) is 23.2 Å². The van der Waals surface area contributed by atoms with Gasteiger partial charge in [0.1, 0.15) is 4.21 Å². The third kappa shape index (κ3) is 3.95. The maximum atomic E-state index is 11.9. The lowest BCUT2D eigenvalue weighted by Crippen LogP contribution is -2.24. The first kappa shape index (κ1) is 15.8. The van der Waals surface area contributed by atoms with Gasteiger partial charge < -0.3 is 0 Å². The van der Waals surface area contributed by atoms with Crippen molar-refractivity contribution in [3.63, 3.8) is 0 Å². The summed E-state index contributed by atoms with van der Waals surface area (Å²) in [6.45, 7) is 2.75. The standard InChI is InChI=1S/C11H13Cl2N3O2S2/c1-8-9(12)7-16(15-8)6-2-5-14-20(17,18)11-4-3-10(13)19-11/h3-4,7,14H,2,5-6H2,1H3. The van der Waals surface area contributed by atoms with Crippen LogP contribution in [0.15, 0.2) is 22.5 Å². The molecule has 0 radical (unpaired) electrons. The lowest BCUT2D eigenvalue weighted by Gasteiger charge is -2.04. The van der Waals surface area contributed by atoms with Crippen molar-refractivity contribution in [3.05, 3.63) is 33.4 Å². The molecular formula is C11H13Cl2N3O2S2. The van der Waals surface area contributed by atoms with Crippen LogP contribution in [0.4, 0.5) is 0 Å². The van der Waals surface area contributed by atoms with Gasteiger partial charge in [-0.25, -0.2) is 13.1 Å². The molecule has 9 heteroatoms. The minimum Gasteiger partial charge on any atom is -0.271 e. The second-order valence-corrected chi connectivity index (χ2v) is 8.25. The summed E-state index contributed by atoms with van der Waals surface area (Å²) in [4.78, 5) is 0. The molecule has 0 saturated carbocycles. The summed E-state index contributed by atoms with van der Waals surface area (Å²) in [5, 5.41) is 4.81. The van der Waals surface area contributed by atoms with Crippen molar-refractivity contribution >= 4 is 44.6 Å². The van der Waals surface area contributed by atoms with Crippen LogP contribution in [0.1, 0.15) is 12.1 Å². The molecule has 2 heterocycles. The molecule has 1 N–H and O–H groups in total. The summed E-state index contributed by atoms with van der Waals surface area (Å²) in [7, 11) is -3.47. The van der Waals surface area contributed by atoms with E-state index < -0.39 is 10.0 Å². The quantitative estimate of drug-likeness (QED) is 0.812. The van der Waals surface area contributed by atoms with Gasteiger partial charge in [0.05, 0.1) is 15.1 Å². The molecule has 2 rings (SSSR count). The van der Waals surface area contributed by atoms with E-state index in [1.54, 1.807) is 16.9 Å². The maximum Gasteiger partial charge on any atom is 0.250 e. The SMILES string of the molecule is Cc1nn(CCCNS(=O)(=O)c2ccc(Cl)s2)cc1Cl. The van der Waals surface area contributed by atoms with Gasteiger partial charge in [-0.05, 0) is 25.5 Å². The molecule has 0 atom stereocenters. The highest BCUT2D eigenvalue weighted by molar-refractivity contribution is 7.91. The minimum atomic E-state index is -3.47. The number of rotatable bonds is 6. The molecule has 0 bridgehead atoms. The van der Waals surface area contributed by atoms with Crippen molar-refractivity contribution in [2.45, 2.75) is 24.1 Å². The molecule has 0 saturated heterocycles. The Morgan fingerprint density at radius 2 is 2.15 bits per heavy atom. The van der Waals surface area contributed by atoms with Gasteiger partial charge in [0.25, 0.3) is 0 Å². The summed E-state index contributed by atoms with van der Waals surface area (Å²) < 4.78 is 28.7. The average molecular weight is 354 g/mol. The molecule has 0 aromatic carbocycles. The fourth-order valence-corrected chi connectivity index (χ4v) is 4.32. The second-order valence-electron chi connectivity index (χ2n) is 4.14. The van der Waals surface area contributed by atoms with Crippen LogP contribution < -0.4 is 4.72 Å². The monoisotopic (exact) mass is 353 g/mol. The number of aryl methyl sites for hydroxylation is 2. The Balaban J connectivity index is 1.84. The molecule has 20 heavy (non-hydrogen) atoms. The van der Waals surface area contributed by atoms with Crippen molar-refractivity contribution in [2.24, 2.45) is 0 Å². The largest absolute Gasteiger partial charge is 0.271 e. The van der Waals surface area contributed by atoms with Gasteiger partial charge >= 0.3 is 0 Å². The second kappa shape index (κ2) is 6.44. The molecule has 0 fully saturated rings. The molecule has 2 aromatic heterocycles. The maximum absolute atomic E-state index is 11.9. The third-order valence-electron chi connectivity index (χ3n) is 2.56. The summed E-state index contributed by atoms with van der Waals surface area (Å²) >= 11 is 12.7. The number of halogens is 2. The van der Waals surface area contributed by atoms with Crippen LogP contribution in [-0.4, -0.2) is 24.7 Å². The lowest BCUT2D eigenvalue weighted by atomic mass is 10.4. The minimum absolute atomic E-state index is 0.223. The first-order valence-electron chi connectivity index (χ1n) is 5.83. The molecule has 2 aromatic rings. The summed E-state index contributed by atoms with van der Waals surface area (Å²) in [5.74, 6) is 0. The molecule has 110 valence electrons. The fraction of sp³-hybridized carbons (Fsp3) is 0.364. The van der Waals surface area contributed by atoms with Crippen LogP contribution >= 0.6 is 34.5 Å². The number of thiophene rings is 1. The molecule has 0 spiro atoms. The van der Waals surface area contributed by atoms with E-state index in [1.165, 1.54) is 6.07 Å². The van der Waals surface area contributed by atoms with Crippen LogP contribution in [0.2, 0.25) is 9.36 Å². The van der Waals surface area contributed by atoms with Gasteiger partial charge in [0.15, 0.2) is 0 Å². The zero-order valence-corrected chi connectivity index (χ0v) is 13.8. The molecule has 0 aliphatic carbocycles. The smallest absolute Gasteiger partial charge is 0.250 e. The third-order valence-corrected chi connectivity index (χ3v) is 6.11. The highest BCUT2D eigenvalue weighted by Gasteiger charge is 2.15. The van der Waals surface area contributed by atoms with Crippen LogP contribution in [-0.2, 0) is 16.6 Å². The molecule has 5 nitrogen and oxygen atoms in total. The highest BCUT2D eigenvalue weighted by atomic mass is 35.5. The van der Waals surface area contributed by atoms with E-state index in [1.807, 2.05) is 6.92 Å². The van der Waals surface area contributed by atoms with Crippen LogP contribution in [0, 0.1) is 6.92 Å². The molecule has 0 aliphatic rings. The van der Waals surface area contributed by atoms with E-state index >= 15 is 0 Å². The number of aromatic nitrogens is 2. The topological polar surface area (TPSA) is 64.0 Å². The Labute approximate surface area is 131 Å². The Morgan fingerprint density at radius 3 is 2.70 bits per heavy atom. The zero-order chi connectivity index (χ0) is 14.8. The molecular weight excluding hydrogens is 341 g/mol. The number of hydrogen-bond donors (Lipinski definition) is 1. The van der Waals surface area contributed by atoms with Crippen LogP contribution in [0.5, 0.6) is 0 Å². The van der Waals surface area contributed by atoms with E-state index in [0.29, 0.717) is 28.9 Å². The van der Waals surface area contributed by atoms with Crippen LogP contribution in [0.25, 0.3) is 0 Å². The summed E-state index contributed by atoms with van der Waals surface area (Å²) in [5.41, 5.74) is 0.764. The van der Waals surface area contributed by atoms with Gasteiger partial charge in [-0.3, -0.25) is 4.68 Å². The number of hydrogen-bond acceptors (Lipinski definition) is 4. The van der Waals surface area contributed by atoms with Gasteiger partial charge in [0.2, 0.25) is 10.0 Å². The Kier molecular flexibility index (Phi) is 5.09. The Morgan fingerprint density at radius 1 is 1.40 bits per heavy atom. The van der Waals surface area contributed by atoms with E-state index in [9.17, 15) is 8.42 Å². The van der Waals surface area contributed by atoms with Crippen molar-refractivity contribution in [1.29, 1.82) is 0 Å². The summed E-state index contributed by atoms with van der Waals surface area (Å²) in [6.07, 6.45) is 2.35. The Bertz CT molecular complexity index is 675. The predicted molar refractivity (Wildman–Crippen MR) is 81.1 cm³/mol. The van der Waals surface area contributed by atoms with Gasteiger partial charge in [0, 0.05) is 19.3 Å². The number of nitrogens with zero attached hydrogens (tertiary/aromatic N) is 2. The zero-order valence-electron chi connectivity index (χ0n) is 10.6. The predicted octanol–water partition coefficient (Wildman–Crippen LogP) is 2.93.